The smallest absolute Gasteiger partial charge is 0.410 e. The van der Waals surface area contributed by atoms with E-state index in [1.165, 1.54) is 53.4 Å². The Balaban J connectivity index is 1.68. The number of nitrogens with one attached hydrogen (secondary N) is 1. The fourth-order valence-corrected chi connectivity index (χ4v) is 3.34. The van der Waals surface area contributed by atoms with Gasteiger partial charge in [0.05, 0.1) is 11.4 Å². The zero-order valence-electron chi connectivity index (χ0n) is 17.9. The second kappa shape index (κ2) is 9.32. The van der Waals surface area contributed by atoms with Crippen molar-refractivity contribution in [2.24, 2.45) is 0 Å². The van der Waals surface area contributed by atoms with Crippen molar-refractivity contribution in [3.05, 3.63) is 60.2 Å². The molecule has 1 aliphatic heterocycles. The highest BCUT2D eigenvalue weighted by Gasteiger charge is 2.29. The van der Waals surface area contributed by atoms with E-state index in [1.807, 2.05) is 20.8 Å². The number of benzene rings is 2. The summed E-state index contributed by atoms with van der Waals surface area (Å²) in [4.78, 5) is 28.3. The number of hydrogen-bond donors (Lipinski definition) is 1. The Morgan fingerprint density at radius 1 is 0.935 bits per heavy atom. The number of amides is 3. The SMILES string of the molecule is CC(C)(C)OC(=O)N1CCC(NC(=O)N(c2ccc(F)cc2)c2ccc(F)cc2)CC1. The molecule has 0 atom stereocenters. The summed E-state index contributed by atoms with van der Waals surface area (Å²) in [5.74, 6) is -0.838. The molecule has 6 nitrogen and oxygen atoms in total. The zero-order valence-corrected chi connectivity index (χ0v) is 17.9. The lowest BCUT2D eigenvalue weighted by atomic mass is 10.1. The number of likely N-dealkylation sites (tertiary alicyclic amines) is 1. The minimum absolute atomic E-state index is 0.144. The van der Waals surface area contributed by atoms with E-state index in [4.69, 9.17) is 4.74 Å². The summed E-state index contributed by atoms with van der Waals surface area (Å²) in [6.45, 7) is 6.38. The van der Waals surface area contributed by atoms with Gasteiger partial charge in [-0.25, -0.2) is 18.4 Å². The van der Waals surface area contributed by atoms with Crippen LogP contribution in [0.2, 0.25) is 0 Å². The van der Waals surface area contributed by atoms with Crippen LogP contribution >= 0.6 is 0 Å². The molecule has 3 rings (SSSR count). The number of hydrogen-bond acceptors (Lipinski definition) is 3. The lowest BCUT2D eigenvalue weighted by Crippen LogP contribution is -2.50. The van der Waals surface area contributed by atoms with E-state index >= 15 is 0 Å². The van der Waals surface area contributed by atoms with Crippen molar-refractivity contribution in [3.8, 4) is 0 Å². The number of piperidine rings is 1. The van der Waals surface area contributed by atoms with Crippen LogP contribution in [-0.4, -0.2) is 41.8 Å². The van der Waals surface area contributed by atoms with Gasteiger partial charge in [-0.15, -0.1) is 0 Å². The number of rotatable bonds is 3. The van der Waals surface area contributed by atoms with Crippen LogP contribution in [0.15, 0.2) is 48.5 Å². The summed E-state index contributed by atoms with van der Waals surface area (Å²) < 4.78 is 32.1. The molecule has 0 saturated carbocycles. The first-order valence-electron chi connectivity index (χ1n) is 10.2. The molecule has 0 radical (unpaired) electrons. The van der Waals surface area contributed by atoms with Gasteiger partial charge in [0.2, 0.25) is 0 Å². The highest BCUT2D eigenvalue weighted by Crippen LogP contribution is 2.26. The van der Waals surface area contributed by atoms with Gasteiger partial charge in [-0.1, -0.05) is 0 Å². The molecule has 1 saturated heterocycles. The van der Waals surface area contributed by atoms with Gasteiger partial charge in [-0.05, 0) is 82.1 Å². The molecule has 2 aromatic carbocycles. The Labute approximate surface area is 180 Å². The number of nitrogens with zero attached hydrogens (tertiary/aromatic N) is 2. The highest BCUT2D eigenvalue weighted by molar-refractivity contribution is 5.99. The standard InChI is InChI=1S/C23H27F2N3O3/c1-23(2,3)31-22(30)27-14-12-18(13-15-27)26-21(29)28(19-8-4-16(24)5-9-19)20-10-6-17(25)7-11-20/h4-11,18H,12-15H2,1-3H3,(H,26,29). The maximum absolute atomic E-state index is 13.4. The molecule has 1 N–H and O–H groups in total. The van der Waals surface area contributed by atoms with E-state index in [2.05, 4.69) is 5.32 Å². The van der Waals surface area contributed by atoms with Crippen LogP contribution in [0.4, 0.5) is 29.7 Å². The molecule has 1 aliphatic rings. The van der Waals surface area contributed by atoms with Crippen molar-refractivity contribution in [1.29, 1.82) is 0 Å². The maximum atomic E-state index is 13.4. The number of carbonyl (C=O) groups excluding carboxylic acids is 2. The van der Waals surface area contributed by atoms with Crippen LogP contribution in [-0.2, 0) is 4.74 Å². The molecule has 31 heavy (non-hydrogen) atoms. The van der Waals surface area contributed by atoms with E-state index in [-0.39, 0.29) is 12.1 Å². The second-order valence-electron chi connectivity index (χ2n) is 8.48. The third-order valence-electron chi connectivity index (χ3n) is 4.85. The van der Waals surface area contributed by atoms with Gasteiger partial charge in [-0.2, -0.15) is 0 Å². The summed E-state index contributed by atoms with van der Waals surface area (Å²) in [5, 5.41) is 2.97. The Morgan fingerprint density at radius 2 is 1.39 bits per heavy atom. The lowest BCUT2D eigenvalue weighted by Gasteiger charge is -2.34. The molecule has 0 aliphatic carbocycles. The van der Waals surface area contributed by atoms with Crippen molar-refractivity contribution >= 4 is 23.5 Å². The lowest BCUT2D eigenvalue weighted by molar-refractivity contribution is 0.0201. The first-order chi connectivity index (χ1) is 14.6. The van der Waals surface area contributed by atoms with Crippen molar-refractivity contribution in [2.75, 3.05) is 18.0 Å². The molecule has 3 amide bonds. The second-order valence-corrected chi connectivity index (χ2v) is 8.48. The number of ether oxygens (including phenoxy) is 1. The average Bonchev–Trinajstić information content (AvgIpc) is 2.70. The number of carbonyl (C=O) groups is 2. The normalized spacial score (nSPS) is 14.8. The summed E-state index contributed by atoms with van der Waals surface area (Å²) in [6, 6.07) is 10.5. The summed E-state index contributed by atoms with van der Waals surface area (Å²) >= 11 is 0. The maximum Gasteiger partial charge on any atom is 0.410 e. The Bertz CT molecular complexity index is 858. The fraction of sp³-hybridized carbons (Fsp3) is 0.391. The van der Waals surface area contributed by atoms with E-state index < -0.39 is 23.3 Å². The van der Waals surface area contributed by atoms with Crippen molar-refractivity contribution in [2.45, 2.75) is 45.3 Å². The van der Waals surface area contributed by atoms with E-state index in [9.17, 15) is 18.4 Å². The molecule has 0 unspecified atom stereocenters. The average molecular weight is 431 g/mol. The van der Waals surface area contributed by atoms with Gasteiger partial charge >= 0.3 is 12.1 Å². The molecular formula is C23H27F2N3O3. The topological polar surface area (TPSA) is 61.9 Å². The van der Waals surface area contributed by atoms with Crippen LogP contribution in [0.25, 0.3) is 0 Å². The Morgan fingerprint density at radius 3 is 1.81 bits per heavy atom. The van der Waals surface area contributed by atoms with Crippen molar-refractivity contribution in [3.63, 3.8) is 0 Å². The zero-order chi connectivity index (χ0) is 22.6. The third kappa shape index (κ3) is 6.16. The molecule has 2 aromatic rings. The molecular weight excluding hydrogens is 404 g/mol. The number of anilines is 2. The van der Waals surface area contributed by atoms with Gasteiger partial charge in [-0.3, -0.25) is 4.90 Å². The minimum atomic E-state index is -0.563. The van der Waals surface area contributed by atoms with E-state index in [0.29, 0.717) is 37.3 Å². The van der Waals surface area contributed by atoms with Crippen LogP contribution in [0.1, 0.15) is 33.6 Å². The minimum Gasteiger partial charge on any atom is -0.444 e. The largest absolute Gasteiger partial charge is 0.444 e. The van der Waals surface area contributed by atoms with Gasteiger partial charge in [0, 0.05) is 19.1 Å². The van der Waals surface area contributed by atoms with Crippen LogP contribution in [0.3, 0.4) is 0 Å². The Kier molecular flexibility index (Phi) is 6.77. The molecule has 0 aromatic heterocycles. The van der Waals surface area contributed by atoms with E-state index in [1.54, 1.807) is 4.90 Å². The quantitative estimate of drug-likeness (QED) is 0.726. The number of halogens is 2. The first-order valence-corrected chi connectivity index (χ1v) is 10.2. The predicted molar refractivity (Wildman–Crippen MR) is 114 cm³/mol. The molecule has 1 heterocycles. The molecule has 0 bridgehead atoms. The van der Waals surface area contributed by atoms with Crippen molar-refractivity contribution < 1.29 is 23.1 Å². The summed E-state index contributed by atoms with van der Waals surface area (Å²) in [6.07, 6.45) is 0.786. The van der Waals surface area contributed by atoms with Gasteiger partial charge < -0.3 is 15.0 Å². The van der Waals surface area contributed by atoms with Crippen LogP contribution in [0.5, 0.6) is 0 Å². The van der Waals surface area contributed by atoms with Gasteiger partial charge in [0.15, 0.2) is 0 Å². The molecule has 0 spiro atoms. The van der Waals surface area contributed by atoms with Gasteiger partial charge in [0.25, 0.3) is 0 Å². The highest BCUT2D eigenvalue weighted by atomic mass is 19.1. The summed E-state index contributed by atoms with van der Waals surface area (Å²) in [7, 11) is 0. The Hall–Kier alpha value is -3.16. The molecule has 1 fully saturated rings. The first kappa shape index (κ1) is 22.5. The number of urea groups is 1. The van der Waals surface area contributed by atoms with E-state index in [0.717, 1.165) is 0 Å². The summed E-state index contributed by atoms with van der Waals surface area (Å²) in [5.41, 5.74) is 0.348. The third-order valence-corrected chi connectivity index (χ3v) is 4.85. The van der Waals surface area contributed by atoms with Crippen LogP contribution in [0, 0.1) is 11.6 Å². The van der Waals surface area contributed by atoms with Crippen LogP contribution < -0.4 is 10.2 Å². The van der Waals surface area contributed by atoms with Crippen molar-refractivity contribution in [1.82, 2.24) is 10.2 Å². The van der Waals surface area contributed by atoms with Gasteiger partial charge in [0.1, 0.15) is 17.2 Å². The molecule has 166 valence electrons. The molecule has 8 heteroatoms. The fourth-order valence-electron chi connectivity index (χ4n) is 3.34. The predicted octanol–water partition coefficient (Wildman–Crippen LogP) is 5.21. The monoisotopic (exact) mass is 431 g/mol.